The Balaban J connectivity index is 1.77. The highest BCUT2D eigenvalue weighted by molar-refractivity contribution is 9.10. The number of hydrogen-bond donors (Lipinski definition) is 1. The Kier molecular flexibility index (Phi) is 5.23. The van der Waals surface area contributed by atoms with Crippen molar-refractivity contribution in [3.05, 3.63) is 58.6 Å². The highest BCUT2D eigenvalue weighted by Gasteiger charge is 2.37. The number of carbonyl (C=O) groups is 1. The van der Waals surface area contributed by atoms with Gasteiger partial charge in [-0.3, -0.25) is 4.79 Å². The molecule has 0 radical (unpaired) electrons. The van der Waals surface area contributed by atoms with Gasteiger partial charge in [0, 0.05) is 15.7 Å². The second-order valence-electron chi connectivity index (χ2n) is 6.06. The lowest BCUT2D eigenvalue weighted by molar-refractivity contribution is 0.102. The molecular formula is C17H16BrNO5S2. The van der Waals surface area contributed by atoms with E-state index in [1.165, 1.54) is 24.3 Å². The van der Waals surface area contributed by atoms with Crippen molar-refractivity contribution in [2.24, 2.45) is 0 Å². The molecule has 9 heteroatoms. The Morgan fingerprint density at radius 2 is 1.81 bits per heavy atom. The summed E-state index contributed by atoms with van der Waals surface area (Å²) in [6.07, 6.45) is 0.107. The van der Waals surface area contributed by atoms with Gasteiger partial charge in [-0.15, -0.1) is 0 Å². The summed E-state index contributed by atoms with van der Waals surface area (Å²) in [7, 11) is -7.03. The zero-order valence-electron chi connectivity index (χ0n) is 13.6. The zero-order valence-corrected chi connectivity index (χ0v) is 16.8. The lowest BCUT2D eigenvalue weighted by atomic mass is 10.2. The summed E-state index contributed by atoms with van der Waals surface area (Å²) < 4.78 is 49.0. The summed E-state index contributed by atoms with van der Waals surface area (Å²) in [6.45, 7) is 0. The largest absolute Gasteiger partial charge is 0.322 e. The van der Waals surface area contributed by atoms with Crippen molar-refractivity contribution >= 4 is 47.2 Å². The summed E-state index contributed by atoms with van der Waals surface area (Å²) in [5, 5.41) is 1.80. The fourth-order valence-electron chi connectivity index (χ4n) is 2.76. The van der Waals surface area contributed by atoms with Gasteiger partial charge < -0.3 is 5.32 Å². The van der Waals surface area contributed by atoms with Gasteiger partial charge in [-0.05, 0) is 48.9 Å². The lowest BCUT2D eigenvalue weighted by Crippen LogP contribution is -2.22. The van der Waals surface area contributed by atoms with Crippen LogP contribution in [0.25, 0.3) is 0 Å². The number of rotatable bonds is 4. The van der Waals surface area contributed by atoms with Crippen LogP contribution in [0, 0.1) is 0 Å². The van der Waals surface area contributed by atoms with Crippen LogP contribution >= 0.6 is 15.9 Å². The third-order valence-electron chi connectivity index (χ3n) is 4.16. The number of hydrogen-bond acceptors (Lipinski definition) is 5. The summed E-state index contributed by atoms with van der Waals surface area (Å²) in [4.78, 5) is 12.3. The minimum atomic E-state index is -3.73. The van der Waals surface area contributed by atoms with E-state index in [1.807, 2.05) is 6.07 Å². The second-order valence-corrected chi connectivity index (χ2v) is 11.4. The van der Waals surface area contributed by atoms with E-state index in [2.05, 4.69) is 21.2 Å². The maximum Gasteiger partial charge on any atom is 0.255 e. The van der Waals surface area contributed by atoms with Crippen LogP contribution in [0.15, 0.2) is 57.9 Å². The first-order valence-corrected chi connectivity index (χ1v) is 11.9. The predicted molar refractivity (Wildman–Crippen MR) is 103 cm³/mol. The first kappa shape index (κ1) is 19.1. The third kappa shape index (κ3) is 4.16. The van der Waals surface area contributed by atoms with E-state index in [-0.39, 0.29) is 28.7 Å². The van der Waals surface area contributed by atoms with Crippen molar-refractivity contribution in [3.63, 3.8) is 0 Å². The van der Waals surface area contributed by atoms with E-state index >= 15 is 0 Å². The third-order valence-corrected chi connectivity index (χ3v) is 8.84. The molecule has 138 valence electrons. The van der Waals surface area contributed by atoms with E-state index in [1.54, 1.807) is 18.2 Å². The smallest absolute Gasteiger partial charge is 0.255 e. The maximum atomic E-state index is 12.6. The molecule has 6 nitrogen and oxygen atoms in total. The maximum absolute atomic E-state index is 12.6. The molecule has 1 aliphatic heterocycles. The predicted octanol–water partition coefficient (Wildman–Crippen LogP) is 2.66. The summed E-state index contributed by atoms with van der Waals surface area (Å²) in [5.41, 5.74) is 0.917. The van der Waals surface area contributed by atoms with Crippen molar-refractivity contribution in [1.29, 1.82) is 0 Å². The van der Waals surface area contributed by atoms with Crippen LogP contribution in [0.3, 0.4) is 0 Å². The Bertz CT molecular complexity index is 1050. The molecule has 0 aromatic heterocycles. The van der Waals surface area contributed by atoms with Crippen molar-refractivity contribution < 1.29 is 21.6 Å². The molecule has 2 aromatic carbocycles. The molecule has 1 amide bonds. The Morgan fingerprint density at radius 1 is 1.12 bits per heavy atom. The normalized spacial score (nSPS) is 19.2. The number of benzene rings is 2. The molecule has 0 aliphatic carbocycles. The van der Waals surface area contributed by atoms with Gasteiger partial charge >= 0.3 is 0 Å². The Hall–Kier alpha value is -1.71. The Morgan fingerprint density at radius 3 is 2.38 bits per heavy atom. The average Bonchev–Trinajstić information content (AvgIpc) is 2.96. The van der Waals surface area contributed by atoms with Crippen LogP contribution in [0.5, 0.6) is 0 Å². The molecular weight excluding hydrogens is 442 g/mol. The van der Waals surface area contributed by atoms with Gasteiger partial charge in [0.1, 0.15) is 0 Å². The number of halogens is 1. The highest BCUT2D eigenvalue weighted by atomic mass is 79.9. The molecule has 26 heavy (non-hydrogen) atoms. The number of sulfone groups is 2. The molecule has 1 atom stereocenters. The number of nitrogens with one attached hydrogen (secondary N) is 1. The molecule has 0 bridgehead atoms. The molecule has 1 fully saturated rings. The molecule has 0 spiro atoms. The van der Waals surface area contributed by atoms with E-state index < -0.39 is 24.9 Å². The number of carbonyl (C=O) groups excluding carboxylic acids is 1. The van der Waals surface area contributed by atoms with Gasteiger partial charge in [0.25, 0.3) is 5.91 Å². The molecule has 1 heterocycles. The van der Waals surface area contributed by atoms with Gasteiger partial charge in [0.2, 0.25) is 0 Å². The van der Waals surface area contributed by atoms with E-state index in [0.717, 1.165) is 4.47 Å². The van der Waals surface area contributed by atoms with Crippen LogP contribution in [-0.4, -0.2) is 39.5 Å². The van der Waals surface area contributed by atoms with Crippen LogP contribution in [0.1, 0.15) is 16.8 Å². The first-order chi connectivity index (χ1) is 12.2. The molecule has 1 unspecified atom stereocenters. The van der Waals surface area contributed by atoms with Gasteiger partial charge in [0.15, 0.2) is 19.7 Å². The summed E-state index contributed by atoms with van der Waals surface area (Å²) >= 11 is 3.32. The van der Waals surface area contributed by atoms with E-state index in [9.17, 15) is 21.6 Å². The van der Waals surface area contributed by atoms with Crippen LogP contribution in [0.2, 0.25) is 0 Å². The molecule has 1 N–H and O–H groups in total. The van der Waals surface area contributed by atoms with Crippen LogP contribution in [-0.2, 0) is 19.7 Å². The van der Waals surface area contributed by atoms with Crippen molar-refractivity contribution in [2.75, 3.05) is 16.8 Å². The van der Waals surface area contributed by atoms with Gasteiger partial charge in [-0.2, -0.15) is 0 Å². The second kappa shape index (κ2) is 7.13. The molecule has 0 saturated carbocycles. The lowest BCUT2D eigenvalue weighted by Gasteiger charge is -2.11. The van der Waals surface area contributed by atoms with Gasteiger partial charge in [0.05, 0.1) is 21.7 Å². The standard InChI is InChI=1S/C17H16BrNO5S2/c18-13-2-1-3-14(10-13)19-17(20)12-4-6-15(7-5-12)26(23,24)16-8-9-25(21,22)11-16/h1-7,10,16H,8-9,11H2,(H,19,20). The fourth-order valence-corrected chi connectivity index (χ4v) is 7.52. The van der Waals surface area contributed by atoms with Gasteiger partial charge in [-0.1, -0.05) is 22.0 Å². The molecule has 2 aromatic rings. The fraction of sp³-hybridized carbons (Fsp3) is 0.235. The van der Waals surface area contributed by atoms with Crippen molar-refractivity contribution in [2.45, 2.75) is 16.6 Å². The minimum absolute atomic E-state index is 0.0265. The van der Waals surface area contributed by atoms with E-state index in [0.29, 0.717) is 11.3 Å². The highest BCUT2D eigenvalue weighted by Crippen LogP contribution is 2.25. The van der Waals surface area contributed by atoms with Crippen LogP contribution in [0.4, 0.5) is 5.69 Å². The minimum Gasteiger partial charge on any atom is -0.322 e. The summed E-state index contributed by atoms with van der Waals surface area (Å²) in [5.74, 6) is -0.819. The quantitative estimate of drug-likeness (QED) is 0.760. The molecule has 1 aliphatic rings. The van der Waals surface area contributed by atoms with Crippen LogP contribution < -0.4 is 5.32 Å². The first-order valence-electron chi connectivity index (χ1n) is 7.79. The molecule has 3 rings (SSSR count). The topological polar surface area (TPSA) is 97.4 Å². The van der Waals surface area contributed by atoms with Gasteiger partial charge in [-0.25, -0.2) is 16.8 Å². The molecule has 1 saturated heterocycles. The van der Waals surface area contributed by atoms with E-state index in [4.69, 9.17) is 0 Å². The number of anilines is 1. The monoisotopic (exact) mass is 457 g/mol. The number of amides is 1. The summed E-state index contributed by atoms with van der Waals surface area (Å²) in [6, 6.07) is 12.6. The zero-order chi connectivity index (χ0) is 18.9. The average molecular weight is 458 g/mol. The Labute approximate surface area is 160 Å². The van der Waals surface area contributed by atoms with Crippen molar-refractivity contribution in [1.82, 2.24) is 0 Å². The van der Waals surface area contributed by atoms with Crippen molar-refractivity contribution in [3.8, 4) is 0 Å². The SMILES string of the molecule is O=C(Nc1cccc(Br)c1)c1ccc(S(=O)(=O)C2CCS(=O)(=O)C2)cc1.